The summed E-state index contributed by atoms with van der Waals surface area (Å²) in [5.74, 6) is -1.98. The van der Waals surface area contributed by atoms with Gasteiger partial charge in [0.2, 0.25) is 0 Å². The zero-order valence-corrected chi connectivity index (χ0v) is 11.7. The normalized spacial score (nSPS) is 13.7. The molecule has 0 radical (unpaired) electrons. The SMILES string of the molecule is CC(C)(C)OC(=O)N[C@H](C(=O)O)C(=O)C(C)(C)C. The number of hydrogen-bond donors (Lipinski definition) is 2. The molecule has 0 aromatic heterocycles. The Bertz CT molecular complexity index is 348. The van der Waals surface area contributed by atoms with Gasteiger partial charge >= 0.3 is 12.1 Å². The van der Waals surface area contributed by atoms with Crippen LogP contribution >= 0.6 is 0 Å². The Morgan fingerprint density at radius 3 is 1.78 bits per heavy atom. The van der Waals surface area contributed by atoms with Crippen molar-refractivity contribution in [2.75, 3.05) is 0 Å². The second-order valence-corrected chi connectivity index (χ2v) is 6.03. The van der Waals surface area contributed by atoms with Crippen molar-refractivity contribution >= 4 is 17.8 Å². The van der Waals surface area contributed by atoms with E-state index >= 15 is 0 Å². The van der Waals surface area contributed by atoms with Crippen molar-refractivity contribution in [2.45, 2.75) is 53.2 Å². The minimum atomic E-state index is -1.60. The summed E-state index contributed by atoms with van der Waals surface area (Å²) in [6.07, 6.45) is -0.924. The molecule has 0 saturated carbocycles. The van der Waals surface area contributed by atoms with Gasteiger partial charge < -0.3 is 15.2 Å². The highest BCUT2D eigenvalue weighted by Gasteiger charge is 2.36. The van der Waals surface area contributed by atoms with Crippen LogP contribution in [0.1, 0.15) is 41.5 Å². The van der Waals surface area contributed by atoms with E-state index in [1.165, 1.54) is 0 Å². The number of carbonyl (C=O) groups excluding carboxylic acids is 2. The van der Waals surface area contributed by atoms with Crippen LogP contribution in [0, 0.1) is 5.41 Å². The van der Waals surface area contributed by atoms with Crippen LogP contribution in [-0.4, -0.2) is 34.6 Å². The molecule has 0 aliphatic heterocycles. The molecule has 104 valence electrons. The van der Waals surface area contributed by atoms with Gasteiger partial charge in [-0.05, 0) is 20.8 Å². The average Bonchev–Trinajstić information content (AvgIpc) is 2.08. The van der Waals surface area contributed by atoms with Crippen LogP contribution in [0.2, 0.25) is 0 Å². The van der Waals surface area contributed by atoms with Gasteiger partial charge in [-0.1, -0.05) is 20.8 Å². The maximum absolute atomic E-state index is 11.9. The van der Waals surface area contributed by atoms with Crippen molar-refractivity contribution in [1.29, 1.82) is 0 Å². The quantitative estimate of drug-likeness (QED) is 0.750. The van der Waals surface area contributed by atoms with Gasteiger partial charge in [-0.2, -0.15) is 0 Å². The third-order valence-electron chi connectivity index (χ3n) is 1.91. The first-order chi connectivity index (χ1) is 7.84. The molecule has 18 heavy (non-hydrogen) atoms. The van der Waals surface area contributed by atoms with Crippen molar-refractivity contribution in [1.82, 2.24) is 5.32 Å². The standard InChI is InChI=1S/C12H21NO5/c1-11(2,3)8(14)7(9(15)16)13-10(17)18-12(4,5)6/h7H,1-6H3,(H,13,17)(H,15,16)/t7-/m0/s1. The smallest absolute Gasteiger partial charge is 0.408 e. The van der Waals surface area contributed by atoms with Gasteiger partial charge in [0.05, 0.1) is 0 Å². The topological polar surface area (TPSA) is 92.7 Å². The number of aliphatic carboxylic acids is 1. The van der Waals surface area contributed by atoms with Gasteiger partial charge in [0.25, 0.3) is 0 Å². The van der Waals surface area contributed by atoms with E-state index in [0.717, 1.165) is 0 Å². The zero-order valence-electron chi connectivity index (χ0n) is 11.7. The molecule has 0 aromatic rings. The minimum absolute atomic E-state index is 0.583. The first-order valence-corrected chi connectivity index (χ1v) is 5.61. The first kappa shape index (κ1) is 16.4. The fraction of sp³-hybridized carbons (Fsp3) is 0.750. The van der Waals surface area contributed by atoms with Gasteiger partial charge in [0.15, 0.2) is 11.8 Å². The summed E-state index contributed by atoms with van der Waals surface area (Å²) in [4.78, 5) is 34.3. The molecule has 6 heteroatoms. The molecule has 0 aliphatic rings. The Morgan fingerprint density at radius 2 is 1.50 bits per heavy atom. The molecule has 0 fully saturated rings. The number of nitrogens with one attached hydrogen (secondary N) is 1. The van der Waals surface area contributed by atoms with E-state index in [-0.39, 0.29) is 0 Å². The van der Waals surface area contributed by atoms with Crippen molar-refractivity contribution in [2.24, 2.45) is 5.41 Å². The molecule has 0 aromatic carbocycles. The molecular weight excluding hydrogens is 238 g/mol. The monoisotopic (exact) mass is 259 g/mol. The highest BCUT2D eigenvalue weighted by Crippen LogP contribution is 2.17. The lowest BCUT2D eigenvalue weighted by atomic mass is 9.86. The lowest BCUT2D eigenvalue weighted by molar-refractivity contribution is -0.145. The summed E-state index contributed by atoms with van der Waals surface area (Å²) in [5.41, 5.74) is -1.62. The minimum Gasteiger partial charge on any atom is -0.479 e. The van der Waals surface area contributed by atoms with Crippen LogP contribution < -0.4 is 5.32 Å². The number of carboxylic acid groups (broad SMARTS) is 1. The van der Waals surface area contributed by atoms with E-state index in [1.807, 2.05) is 0 Å². The lowest BCUT2D eigenvalue weighted by Gasteiger charge is -2.25. The fourth-order valence-corrected chi connectivity index (χ4v) is 1.10. The van der Waals surface area contributed by atoms with Crippen LogP contribution in [0.5, 0.6) is 0 Å². The van der Waals surface area contributed by atoms with Crippen LogP contribution in [0.3, 0.4) is 0 Å². The lowest BCUT2D eigenvalue weighted by Crippen LogP contribution is -2.51. The Hall–Kier alpha value is -1.59. The number of amides is 1. The molecule has 0 heterocycles. The number of carboxylic acids is 1. The molecule has 0 aliphatic carbocycles. The Balaban J connectivity index is 4.82. The van der Waals surface area contributed by atoms with E-state index in [2.05, 4.69) is 5.32 Å². The highest BCUT2D eigenvalue weighted by molar-refractivity contribution is 6.06. The summed E-state index contributed by atoms with van der Waals surface area (Å²) in [7, 11) is 0. The fourth-order valence-electron chi connectivity index (χ4n) is 1.10. The number of Topliss-reactive ketones (excluding diaryl/α,β-unsaturated/α-hetero) is 1. The number of hydrogen-bond acceptors (Lipinski definition) is 4. The summed E-state index contributed by atoms with van der Waals surface area (Å²) in [6.45, 7) is 9.70. The predicted octanol–water partition coefficient (Wildman–Crippen LogP) is 1.58. The van der Waals surface area contributed by atoms with Crippen molar-refractivity contribution in [3.8, 4) is 0 Å². The van der Waals surface area contributed by atoms with Gasteiger partial charge in [-0.25, -0.2) is 9.59 Å². The molecule has 1 atom stereocenters. The second-order valence-electron chi connectivity index (χ2n) is 6.03. The molecule has 0 saturated heterocycles. The summed E-state index contributed by atoms with van der Waals surface area (Å²) in [5, 5.41) is 11.0. The third kappa shape index (κ3) is 5.65. The van der Waals surface area contributed by atoms with Crippen molar-refractivity contribution in [3.05, 3.63) is 0 Å². The van der Waals surface area contributed by atoms with Crippen molar-refractivity contribution < 1.29 is 24.2 Å². The molecule has 2 N–H and O–H groups in total. The maximum Gasteiger partial charge on any atom is 0.408 e. The predicted molar refractivity (Wildman–Crippen MR) is 65.3 cm³/mol. The summed E-state index contributed by atoms with van der Waals surface area (Å²) < 4.78 is 4.92. The number of ether oxygens (including phenoxy) is 1. The molecule has 1 amide bonds. The van der Waals surface area contributed by atoms with Crippen LogP contribution in [0.25, 0.3) is 0 Å². The molecule has 0 rings (SSSR count). The van der Waals surface area contributed by atoms with E-state index in [9.17, 15) is 14.4 Å². The third-order valence-corrected chi connectivity index (χ3v) is 1.91. The molecule has 6 nitrogen and oxygen atoms in total. The summed E-state index contributed by atoms with van der Waals surface area (Å²) >= 11 is 0. The highest BCUT2D eigenvalue weighted by atomic mass is 16.6. The Kier molecular flexibility index (Phi) is 4.90. The van der Waals surface area contributed by atoms with Gasteiger partial charge in [0.1, 0.15) is 5.60 Å². The zero-order chi connectivity index (χ0) is 14.7. The first-order valence-electron chi connectivity index (χ1n) is 5.61. The van der Waals surface area contributed by atoms with E-state index in [4.69, 9.17) is 9.84 Å². The second kappa shape index (κ2) is 5.37. The maximum atomic E-state index is 11.9. The number of alkyl carbamates (subject to hydrolysis) is 1. The van der Waals surface area contributed by atoms with Gasteiger partial charge in [-0.15, -0.1) is 0 Å². The number of carbonyl (C=O) groups is 3. The van der Waals surface area contributed by atoms with Gasteiger partial charge in [-0.3, -0.25) is 4.79 Å². The van der Waals surface area contributed by atoms with E-state index in [0.29, 0.717) is 0 Å². The van der Waals surface area contributed by atoms with Crippen LogP contribution in [-0.2, 0) is 14.3 Å². The number of ketones is 1. The average molecular weight is 259 g/mol. The Labute approximate surface area is 107 Å². The largest absolute Gasteiger partial charge is 0.479 e. The van der Waals surface area contributed by atoms with E-state index in [1.54, 1.807) is 41.5 Å². The van der Waals surface area contributed by atoms with Crippen LogP contribution in [0.4, 0.5) is 4.79 Å². The number of rotatable bonds is 3. The molecule has 0 unspecified atom stereocenters. The van der Waals surface area contributed by atoms with Crippen LogP contribution in [0.15, 0.2) is 0 Å². The molecular formula is C12H21NO5. The van der Waals surface area contributed by atoms with E-state index < -0.39 is 34.9 Å². The summed E-state index contributed by atoms with van der Waals surface area (Å²) in [6, 6.07) is -1.60. The van der Waals surface area contributed by atoms with Gasteiger partial charge in [0, 0.05) is 5.41 Å². The molecule has 0 bridgehead atoms. The Morgan fingerprint density at radius 1 is 1.06 bits per heavy atom. The molecule has 0 spiro atoms. The van der Waals surface area contributed by atoms with Crippen molar-refractivity contribution in [3.63, 3.8) is 0 Å².